The minimum Gasteiger partial charge on any atom is -0.274 e. The summed E-state index contributed by atoms with van der Waals surface area (Å²) in [7, 11) is -2.37. The van der Waals surface area contributed by atoms with Gasteiger partial charge in [0.2, 0.25) is 0 Å². The van der Waals surface area contributed by atoms with E-state index in [-0.39, 0.29) is 10.8 Å². The molecule has 1 aromatic heterocycles. The van der Waals surface area contributed by atoms with Crippen LogP contribution in [0.15, 0.2) is 35.4 Å². The van der Waals surface area contributed by atoms with E-state index >= 15 is 0 Å². The lowest BCUT2D eigenvalue weighted by atomic mass is 10.3. The first-order valence-electron chi connectivity index (χ1n) is 4.86. The zero-order valence-electron chi connectivity index (χ0n) is 9.26. The number of hydrogen-bond donors (Lipinski definition) is 1. The predicted octanol–water partition coefficient (Wildman–Crippen LogP) is 2.01. The predicted molar refractivity (Wildman–Crippen MR) is 65.4 cm³/mol. The van der Waals surface area contributed by atoms with Crippen LogP contribution in [-0.4, -0.2) is 18.2 Å². The third-order valence-electron chi connectivity index (χ3n) is 2.14. The molecule has 0 aliphatic heterocycles. The number of aromatic nitrogens is 2. The molecule has 0 aliphatic carbocycles. The van der Waals surface area contributed by atoms with Crippen LogP contribution in [-0.2, 0) is 17.1 Å². The van der Waals surface area contributed by atoms with Gasteiger partial charge in [0.05, 0.1) is 0 Å². The molecule has 8 heteroatoms. The maximum absolute atomic E-state index is 13.5. The zero-order valence-corrected chi connectivity index (χ0v) is 10.8. The largest absolute Gasteiger partial charge is 0.274 e. The van der Waals surface area contributed by atoms with Gasteiger partial charge in [-0.25, -0.2) is 12.8 Å². The minimum atomic E-state index is -4.01. The van der Waals surface area contributed by atoms with E-state index in [1.165, 1.54) is 16.8 Å². The molecule has 1 aromatic carbocycles. The number of halogens is 2. The monoisotopic (exact) mass is 289 g/mol. The molecule has 96 valence electrons. The van der Waals surface area contributed by atoms with Crippen molar-refractivity contribution in [1.29, 1.82) is 0 Å². The molecule has 0 saturated carbocycles. The van der Waals surface area contributed by atoms with Gasteiger partial charge in [-0.15, -0.1) is 0 Å². The van der Waals surface area contributed by atoms with Crippen LogP contribution in [0.3, 0.4) is 0 Å². The van der Waals surface area contributed by atoms with Crippen molar-refractivity contribution in [3.05, 3.63) is 41.3 Å². The van der Waals surface area contributed by atoms with E-state index < -0.39 is 20.7 Å². The summed E-state index contributed by atoms with van der Waals surface area (Å²) in [5, 5.41) is 3.98. The van der Waals surface area contributed by atoms with Crippen molar-refractivity contribution in [3.8, 4) is 0 Å². The lowest BCUT2D eigenvalue weighted by Crippen LogP contribution is -2.15. The molecule has 5 nitrogen and oxygen atoms in total. The van der Waals surface area contributed by atoms with E-state index in [1.54, 1.807) is 13.2 Å². The number of nitrogens with one attached hydrogen (secondary N) is 1. The molecule has 2 aromatic rings. The van der Waals surface area contributed by atoms with E-state index in [9.17, 15) is 12.8 Å². The molecule has 0 saturated heterocycles. The fourth-order valence-corrected chi connectivity index (χ4v) is 2.57. The zero-order chi connectivity index (χ0) is 13.3. The van der Waals surface area contributed by atoms with E-state index in [1.807, 2.05) is 0 Å². The van der Waals surface area contributed by atoms with E-state index in [2.05, 4.69) is 9.82 Å². The standard InChI is InChI=1S/C10H9ClFN3O2S/c1-15-5-4-10(13-15)14-18(16,17)9-3-2-7(11)6-8(9)12/h2-6H,1H3,(H,13,14). The highest BCUT2D eigenvalue weighted by Gasteiger charge is 2.20. The Kier molecular flexibility index (Phi) is 3.27. The minimum absolute atomic E-state index is 0.117. The Morgan fingerprint density at radius 1 is 1.39 bits per heavy atom. The van der Waals surface area contributed by atoms with E-state index in [0.29, 0.717) is 0 Å². The summed E-state index contributed by atoms with van der Waals surface area (Å²) >= 11 is 5.56. The Labute approximate surface area is 108 Å². The SMILES string of the molecule is Cn1ccc(NS(=O)(=O)c2ccc(Cl)cc2F)n1. The summed E-state index contributed by atoms with van der Waals surface area (Å²) in [5.74, 6) is -0.794. The highest BCUT2D eigenvalue weighted by atomic mass is 35.5. The van der Waals surface area contributed by atoms with Gasteiger partial charge in [-0.2, -0.15) is 5.10 Å². The van der Waals surface area contributed by atoms with Crippen LogP contribution < -0.4 is 4.72 Å². The maximum Gasteiger partial charge on any atom is 0.266 e. The number of sulfonamides is 1. The highest BCUT2D eigenvalue weighted by Crippen LogP contribution is 2.20. The number of hydrogen-bond acceptors (Lipinski definition) is 3. The molecule has 0 spiro atoms. The second kappa shape index (κ2) is 4.58. The van der Waals surface area contributed by atoms with Gasteiger partial charge in [-0.05, 0) is 18.2 Å². The van der Waals surface area contributed by atoms with Crippen LogP contribution in [0.2, 0.25) is 5.02 Å². The van der Waals surface area contributed by atoms with Crippen molar-refractivity contribution in [1.82, 2.24) is 9.78 Å². The van der Waals surface area contributed by atoms with Gasteiger partial charge in [0, 0.05) is 24.3 Å². The lowest BCUT2D eigenvalue weighted by Gasteiger charge is -2.06. The first-order valence-corrected chi connectivity index (χ1v) is 6.72. The first-order chi connectivity index (χ1) is 8.38. The summed E-state index contributed by atoms with van der Waals surface area (Å²) in [6.45, 7) is 0. The van der Waals surface area contributed by atoms with Gasteiger partial charge in [-0.3, -0.25) is 9.40 Å². The highest BCUT2D eigenvalue weighted by molar-refractivity contribution is 7.92. The molecule has 18 heavy (non-hydrogen) atoms. The molecule has 1 heterocycles. The molecule has 0 atom stereocenters. The van der Waals surface area contributed by atoms with Gasteiger partial charge >= 0.3 is 0 Å². The molecule has 2 rings (SSSR count). The number of nitrogens with zero attached hydrogens (tertiary/aromatic N) is 2. The van der Waals surface area contributed by atoms with Gasteiger partial charge < -0.3 is 0 Å². The number of rotatable bonds is 3. The van der Waals surface area contributed by atoms with Gasteiger partial charge in [0.25, 0.3) is 10.0 Å². The molecule has 1 N–H and O–H groups in total. The lowest BCUT2D eigenvalue weighted by molar-refractivity contribution is 0.570. The third-order valence-corrected chi connectivity index (χ3v) is 3.76. The van der Waals surface area contributed by atoms with Crippen molar-refractivity contribution in [2.24, 2.45) is 7.05 Å². The molecule has 0 unspecified atom stereocenters. The van der Waals surface area contributed by atoms with E-state index in [0.717, 1.165) is 12.1 Å². The van der Waals surface area contributed by atoms with Crippen molar-refractivity contribution in [2.45, 2.75) is 4.90 Å². The normalized spacial score (nSPS) is 11.5. The summed E-state index contributed by atoms with van der Waals surface area (Å²) < 4.78 is 40.9. The molecule has 0 fully saturated rings. The topological polar surface area (TPSA) is 64.0 Å². The second-order valence-electron chi connectivity index (χ2n) is 3.55. The average Bonchev–Trinajstić information content (AvgIpc) is 2.62. The number of benzene rings is 1. The Bertz CT molecular complexity index is 684. The number of anilines is 1. The molecular formula is C10H9ClFN3O2S. The quantitative estimate of drug-likeness (QED) is 0.940. The Morgan fingerprint density at radius 2 is 2.11 bits per heavy atom. The summed E-state index contributed by atoms with van der Waals surface area (Å²) in [6.07, 6.45) is 1.57. The molecule has 0 aliphatic rings. The van der Waals surface area contributed by atoms with Crippen molar-refractivity contribution in [2.75, 3.05) is 4.72 Å². The Morgan fingerprint density at radius 3 is 2.67 bits per heavy atom. The smallest absolute Gasteiger partial charge is 0.266 e. The fraction of sp³-hybridized carbons (Fsp3) is 0.100. The van der Waals surface area contributed by atoms with Gasteiger partial charge in [0.1, 0.15) is 10.7 Å². The van der Waals surface area contributed by atoms with Crippen LogP contribution in [0, 0.1) is 5.82 Å². The van der Waals surface area contributed by atoms with Crippen LogP contribution in [0.4, 0.5) is 10.2 Å². The Balaban J connectivity index is 2.36. The van der Waals surface area contributed by atoms with Gasteiger partial charge in [-0.1, -0.05) is 11.6 Å². The van der Waals surface area contributed by atoms with Crippen molar-refractivity contribution in [3.63, 3.8) is 0 Å². The van der Waals surface area contributed by atoms with Crippen molar-refractivity contribution < 1.29 is 12.8 Å². The summed E-state index contributed by atoms with van der Waals surface area (Å²) in [5.41, 5.74) is 0. The van der Waals surface area contributed by atoms with Crippen LogP contribution in [0.1, 0.15) is 0 Å². The molecule has 0 amide bonds. The number of aryl methyl sites for hydroxylation is 1. The maximum atomic E-state index is 13.5. The average molecular weight is 290 g/mol. The first kappa shape index (κ1) is 12.8. The van der Waals surface area contributed by atoms with Crippen molar-refractivity contribution >= 4 is 27.4 Å². The van der Waals surface area contributed by atoms with Gasteiger partial charge in [0.15, 0.2) is 5.82 Å². The molecule has 0 radical (unpaired) electrons. The van der Waals surface area contributed by atoms with Crippen LogP contribution in [0.25, 0.3) is 0 Å². The van der Waals surface area contributed by atoms with Crippen LogP contribution >= 0.6 is 11.6 Å². The molecular weight excluding hydrogens is 281 g/mol. The Hall–Kier alpha value is -1.60. The molecule has 0 bridgehead atoms. The third kappa shape index (κ3) is 2.62. The van der Waals surface area contributed by atoms with Crippen LogP contribution in [0.5, 0.6) is 0 Å². The summed E-state index contributed by atoms with van der Waals surface area (Å²) in [6, 6.07) is 4.81. The fourth-order valence-electron chi connectivity index (χ4n) is 1.36. The van der Waals surface area contributed by atoms with E-state index in [4.69, 9.17) is 11.6 Å². The second-order valence-corrected chi connectivity index (χ2v) is 5.64. The summed E-state index contributed by atoms with van der Waals surface area (Å²) in [4.78, 5) is -0.474.